The fourth-order valence-corrected chi connectivity index (χ4v) is 5.57. The molecule has 8 nitrogen and oxygen atoms in total. The lowest BCUT2D eigenvalue weighted by Gasteiger charge is -2.42. The van der Waals surface area contributed by atoms with Crippen molar-refractivity contribution in [3.8, 4) is 0 Å². The summed E-state index contributed by atoms with van der Waals surface area (Å²) < 4.78 is 7.84. The van der Waals surface area contributed by atoms with Gasteiger partial charge in [-0.15, -0.1) is 0 Å². The molecule has 5 rings (SSSR count). The predicted molar refractivity (Wildman–Crippen MR) is 140 cm³/mol. The van der Waals surface area contributed by atoms with E-state index in [1.807, 2.05) is 37.1 Å². The van der Waals surface area contributed by atoms with Gasteiger partial charge in [0.2, 0.25) is 0 Å². The first-order valence-corrected chi connectivity index (χ1v) is 13.1. The number of anilines is 1. The third kappa shape index (κ3) is 5.11. The van der Waals surface area contributed by atoms with Crippen molar-refractivity contribution in [3.63, 3.8) is 0 Å². The van der Waals surface area contributed by atoms with Crippen molar-refractivity contribution in [1.82, 2.24) is 19.7 Å². The number of aromatic nitrogens is 3. The Morgan fingerprint density at radius 2 is 2.06 bits per heavy atom. The molecule has 1 fully saturated rings. The number of nitrogens with zero attached hydrogens (tertiary/aromatic N) is 4. The molecule has 0 bridgehead atoms. The van der Waals surface area contributed by atoms with Crippen molar-refractivity contribution in [2.75, 3.05) is 31.6 Å². The molecule has 2 aromatic heterocycles. The number of para-hydroxylation sites is 1. The van der Waals surface area contributed by atoms with Gasteiger partial charge in [0.1, 0.15) is 11.9 Å². The number of aryl methyl sites for hydroxylation is 3. The summed E-state index contributed by atoms with van der Waals surface area (Å²) in [5.74, 6) is 0.903. The average Bonchev–Trinajstić information content (AvgIpc) is 3.12. The number of aliphatic carboxylic acids is 1. The van der Waals surface area contributed by atoms with E-state index >= 15 is 0 Å². The maximum atomic E-state index is 12.2. The van der Waals surface area contributed by atoms with Crippen LogP contribution in [0, 0.1) is 12.8 Å². The van der Waals surface area contributed by atoms with Crippen LogP contribution >= 0.6 is 0 Å². The van der Waals surface area contributed by atoms with E-state index in [0.29, 0.717) is 25.6 Å². The largest absolute Gasteiger partial charge is 0.480 e. The van der Waals surface area contributed by atoms with Crippen molar-refractivity contribution in [1.29, 1.82) is 0 Å². The van der Waals surface area contributed by atoms with Gasteiger partial charge in [0.05, 0.1) is 17.3 Å². The zero-order valence-corrected chi connectivity index (χ0v) is 21.5. The predicted octanol–water partition coefficient (Wildman–Crippen LogP) is 4.12. The highest BCUT2D eigenvalue weighted by Gasteiger charge is 2.38. The van der Waals surface area contributed by atoms with Crippen molar-refractivity contribution in [2.24, 2.45) is 13.0 Å². The molecular weight excluding hydrogens is 454 g/mol. The molecule has 1 saturated heterocycles. The van der Waals surface area contributed by atoms with Crippen molar-refractivity contribution < 1.29 is 14.6 Å². The van der Waals surface area contributed by atoms with Gasteiger partial charge in [0.25, 0.3) is 0 Å². The van der Waals surface area contributed by atoms with Crippen LogP contribution < -0.4 is 5.32 Å². The molecule has 0 amide bonds. The number of hydrogen-bond donors (Lipinski definition) is 2. The van der Waals surface area contributed by atoms with Gasteiger partial charge in [0, 0.05) is 49.9 Å². The third-order valence-electron chi connectivity index (χ3n) is 7.50. The highest BCUT2D eigenvalue weighted by atomic mass is 16.5. The summed E-state index contributed by atoms with van der Waals surface area (Å²) in [4.78, 5) is 19.0. The van der Waals surface area contributed by atoms with Crippen molar-refractivity contribution >= 4 is 22.7 Å². The Morgan fingerprint density at radius 1 is 1.22 bits per heavy atom. The fourth-order valence-electron chi connectivity index (χ4n) is 5.57. The van der Waals surface area contributed by atoms with E-state index in [1.165, 1.54) is 5.56 Å². The molecule has 0 spiro atoms. The summed E-state index contributed by atoms with van der Waals surface area (Å²) >= 11 is 0. The molecule has 1 aromatic carbocycles. The summed E-state index contributed by atoms with van der Waals surface area (Å²) in [5, 5.41) is 19.0. The number of unbranched alkanes of at least 4 members (excludes halogenated alkanes) is 2. The molecule has 0 radical (unpaired) electrons. The highest BCUT2D eigenvalue weighted by molar-refractivity contribution is 5.89. The zero-order valence-electron chi connectivity index (χ0n) is 21.5. The van der Waals surface area contributed by atoms with Crippen molar-refractivity contribution in [3.05, 3.63) is 52.8 Å². The van der Waals surface area contributed by atoms with Gasteiger partial charge in [-0.3, -0.25) is 14.4 Å². The molecule has 8 heteroatoms. The first kappa shape index (κ1) is 24.7. The number of rotatable bonds is 10. The smallest absolute Gasteiger partial charge is 0.325 e. The molecule has 2 N–H and O–H groups in total. The minimum Gasteiger partial charge on any atom is -0.480 e. The number of hydrogen-bond acceptors (Lipinski definition) is 6. The molecule has 4 heterocycles. The maximum Gasteiger partial charge on any atom is 0.325 e. The van der Waals surface area contributed by atoms with E-state index in [9.17, 15) is 9.90 Å². The number of carboxylic acids is 1. The Bertz CT molecular complexity index is 1230. The van der Waals surface area contributed by atoms with Crippen LogP contribution in [0.4, 0.5) is 5.82 Å². The summed E-state index contributed by atoms with van der Waals surface area (Å²) in [6, 6.07) is 9.54. The standard InChI is InChI=1S/C28H37N5O3/c1-18-14-20-11-12-21(30-27(20)29-15-18)8-5-4-6-13-36-22-16-33(17-22)26(28(34)35)24-10-7-9-23-19(2)31-32(3)25(23)24/h7,9-12,18,22,26H,4-6,8,13-17H2,1-3H3,(H,29,30)(H,34,35). The summed E-state index contributed by atoms with van der Waals surface area (Å²) in [6.45, 7) is 7.20. The lowest BCUT2D eigenvalue weighted by Crippen LogP contribution is -2.55. The van der Waals surface area contributed by atoms with Crippen LogP contribution in [-0.2, 0) is 29.4 Å². The second-order valence-electron chi connectivity index (χ2n) is 10.5. The quantitative estimate of drug-likeness (QED) is 0.412. The minimum absolute atomic E-state index is 0.0927. The minimum atomic E-state index is -0.833. The Balaban J connectivity index is 1.05. The molecule has 3 aromatic rings. The molecule has 2 aliphatic heterocycles. The van der Waals surface area contributed by atoms with Gasteiger partial charge >= 0.3 is 5.97 Å². The molecule has 36 heavy (non-hydrogen) atoms. The second kappa shape index (κ2) is 10.6. The van der Waals surface area contributed by atoms with Gasteiger partial charge < -0.3 is 15.2 Å². The molecule has 0 saturated carbocycles. The van der Waals surface area contributed by atoms with E-state index in [4.69, 9.17) is 9.72 Å². The van der Waals surface area contributed by atoms with Gasteiger partial charge in [-0.1, -0.05) is 37.6 Å². The Morgan fingerprint density at radius 3 is 2.86 bits per heavy atom. The topological polar surface area (TPSA) is 92.5 Å². The normalized spacial score (nSPS) is 19.0. The summed E-state index contributed by atoms with van der Waals surface area (Å²) in [7, 11) is 1.87. The summed E-state index contributed by atoms with van der Waals surface area (Å²) in [5.41, 5.74) is 5.09. The van der Waals surface area contributed by atoms with Gasteiger partial charge in [-0.25, -0.2) is 4.98 Å². The van der Waals surface area contributed by atoms with Crippen LogP contribution in [0.5, 0.6) is 0 Å². The maximum absolute atomic E-state index is 12.2. The molecule has 192 valence electrons. The molecule has 2 atom stereocenters. The van der Waals surface area contributed by atoms with E-state index < -0.39 is 12.0 Å². The molecule has 2 aliphatic rings. The number of carbonyl (C=O) groups is 1. The number of likely N-dealkylation sites (tertiary alicyclic amines) is 1. The zero-order chi connectivity index (χ0) is 25.2. The number of carboxylic acid groups (broad SMARTS) is 1. The molecule has 0 aliphatic carbocycles. The van der Waals surface area contributed by atoms with Crippen molar-refractivity contribution in [2.45, 2.75) is 58.1 Å². The van der Waals surface area contributed by atoms with Crippen LogP contribution in [0.2, 0.25) is 0 Å². The number of ether oxygens (including phenoxy) is 1. The number of pyridine rings is 1. The number of nitrogens with one attached hydrogen (secondary N) is 1. The van der Waals surface area contributed by atoms with E-state index in [1.54, 1.807) is 4.68 Å². The Kier molecular flexibility index (Phi) is 7.25. The molecular formula is C28H37N5O3. The van der Waals surface area contributed by atoms with E-state index in [0.717, 1.165) is 72.3 Å². The van der Waals surface area contributed by atoms with Crippen LogP contribution in [0.3, 0.4) is 0 Å². The number of fused-ring (bicyclic) bond motifs is 2. The van der Waals surface area contributed by atoms with E-state index in [-0.39, 0.29) is 6.10 Å². The Labute approximate surface area is 212 Å². The lowest BCUT2D eigenvalue weighted by atomic mass is 9.97. The fraction of sp³-hybridized carbons (Fsp3) is 0.536. The van der Waals surface area contributed by atoms with Crippen LogP contribution in [0.25, 0.3) is 10.9 Å². The number of benzene rings is 1. The van der Waals surface area contributed by atoms with Crippen LogP contribution in [0.15, 0.2) is 30.3 Å². The second-order valence-corrected chi connectivity index (χ2v) is 10.5. The molecule has 2 unspecified atom stereocenters. The Hall–Kier alpha value is -2.97. The van der Waals surface area contributed by atoms with Gasteiger partial charge in [-0.05, 0) is 50.2 Å². The van der Waals surface area contributed by atoms with Crippen LogP contribution in [-0.4, -0.2) is 63.1 Å². The monoisotopic (exact) mass is 491 g/mol. The first-order chi connectivity index (χ1) is 17.4. The first-order valence-electron chi connectivity index (χ1n) is 13.1. The van der Waals surface area contributed by atoms with E-state index in [2.05, 4.69) is 29.5 Å². The van der Waals surface area contributed by atoms with Gasteiger partial charge in [0.15, 0.2) is 0 Å². The lowest BCUT2D eigenvalue weighted by molar-refractivity contribution is -0.150. The van der Waals surface area contributed by atoms with Gasteiger partial charge in [-0.2, -0.15) is 5.10 Å². The van der Waals surface area contributed by atoms with Crippen LogP contribution in [0.1, 0.15) is 54.7 Å². The SMILES string of the molecule is Cc1nn(C)c2c(C(C(=O)O)N3CC(OCCCCCc4ccc5c(n4)NCC(C)C5)C3)cccc12. The highest BCUT2D eigenvalue weighted by Crippen LogP contribution is 2.33. The average molecular weight is 492 g/mol. The third-order valence-corrected chi connectivity index (χ3v) is 7.50. The summed E-state index contributed by atoms with van der Waals surface area (Å²) in [6.07, 6.45) is 5.39.